The predicted octanol–water partition coefficient (Wildman–Crippen LogP) is 8.38. The summed E-state index contributed by atoms with van der Waals surface area (Å²) < 4.78 is 81.5. The number of methoxy groups -OCH3 is 2. The highest BCUT2D eigenvalue weighted by Crippen LogP contribution is 2.45. The van der Waals surface area contributed by atoms with Gasteiger partial charge in [0.15, 0.2) is 25.2 Å². The molecule has 61 heavy (non-hydrogen) atoms. The van der Waals surface area contributed by atoms with Gasteiger partial charge in [-0.1, -0.05) is 12.0 Å². The van der Waals surface area contributed by atoms with Gasteiger partial charge in [-0.2, -0.15) is 0 Å². The number of carbonyl (C=O) groups is 1. The van der Waals surface area contributed by atoms with Crippen molar-refractivity contribution in [1.29, 1.82) is 0 Å². The van der Waals surface area contributed by atoms with Crippen molar-refractivity contribution in [2.24, 2.45) is 0 Å². The van der Waals surface area contributed by atoms with Gasteiger partial charge in [-0.3, -0.25) is 4.90 Å². The number of amides is 1. The van der Waals surface area contributed by atoms with Crippen molar-refractivity contribution in [2.75, 3.05) is 52.2 Å². The zero-order valence-electron chi connectivity index (χ0n) is 35.5. The summed E-state index contributed by atoms with van der Waals surface area (Å²) in [5, 5.41) is 1.24. The molecule has 4 fully saturated rings. The van der Waals surface area contributed by atoms with Gasteiger partial charge in [-0.25, -0.2) is 23.5 Å². The molecule has 4 saturated heterocycles. The number of halogens is 2. The Hall–Kier alpha value is -4.85. The van der Waals surface area contributed by atoms with Crippen LogP contribution < -0.4 is 14.4 Å². The average molecular weight is 845 g/mol. The molecule has 1 amide bonds. The number of hydrogen-bond acceptors (Lipinski definition) is 12. The smallest absolute Gasteiger partial charge is 0.410 e. The summed E-state index contributed by atoms with van der Waals surface area (Å²) in [6.07, 6.45) is 11.2. The fourth-order valence-corrected chi connectivity index (χ4v) is 8.93. The van der Waals surface area contributed by atoms with Crippen LogP contribution >= 0.6 is 0 Å². The number of aromatic nitrogens is 2. The fourth-order valence-electron chi connectivity index (χ4n) is 8.93. The van der Waals surface area contributed by atoms with E-state index in [0.717, 1.165) is 38.5 Å². The van der Waals surface area contributed by atoms with Crippen LogP contribution in [0.5, 0.6) is 11.6 Å². The third-order valence-corrected chi connectivity index (χ3v) is 11.7. The van der Waals surface area contributed by atoms with E-state index in [1.54, 1.807) is 18.2 Å². The van der Waals surface area contributed by atoms with Crippen LogP contribution in [-0.4, -0.2) is 98.5 Å². The number of fused-ring (bicyclic) bond motifs is 4. The molecule has 0 radical (unpaired) electrons. The highest BCUT2D eigenvalue weighted by Gasteiger charge is 2.45. The lowest BCUT2D eigenvalue weighted by Gasteiger charge is -2.42. The van der Waals surface area contributed by atoms with Gasteiger partial charge >= 0.3 is 6.09 Å². The molecular formula is C46H54F2N4O9. The average Bonchev–Trinajstić information content (AvgIpc) is 3.53. The minimum absolute atomic E-state index is 0.0162. The molecule has 326 valence electrons. The largest absolute Gasteiger partial charge is 0.480 e. The van der Waals surface area contributed by atoms with Crippen molar-refractivity contribution in [3.05, 3.63) is 52.7 Å². The van der Waals surface area contributed by atoms with Gasteiger partial charge in [-0.05, 0) is 95.7 Å². The third kappa shape index (κ3) is 8.92. The highest BCUT2D eigenvalue weighted by molar-refractivity contribution is 6.06. The van der Waals surface area contributed by atoms with Crippen LogP contribution in [0.4, 0.5) is 19.4 Å². The van der Waals surface area contributed by atoms with Crippen LogP contribution in [0.1, 0.15) is 89.0 Å². The van der Waals surface area contributed by atoms with Gasteiger partial charge in [0, 0.05) is 55.3 Å². The van der Waals surface area contributed by atoms with Crippen molar-refractivity contribution in [3.63, 3.8) is 0 Å². The summed E-state index contributed by atoms with van der Waals surface area (Å²) in [6, 6.07) is 5.72. The molecule has 2 aromatic heterocycles. The Labute approximate surface area is 354 Å². The van der Waals surface area contributed by atoms with E-state index < -0.39 is 29.8 Å². The number of anilines is 1. The summed E-state index contributed by atoms with van der Waals surface area (Å²) in [5.41, 5.74) is 0.170. The summed E-state index contributed by atoms with van der Waals surface area (Å²) in [6.45, 7) is 7.28. The minimum atomic E-state index is -0.731. The third-order valence-electron chi connectivity index (χ3n) is 11.7. The van der Waals surface area contributed by atoms with Gasteiger partial charge in [0.25, 0.3) is 0 Å². The first-order valence-electron chi connectivity index (χ1n) is 21.1. The molecule has 0 spiro atoms. The number of terminal acetylenes is 1. The van der Waals surface area contributed by atoms with Crippen molar-refractivity contribution in [3.8, 4) is 35.2 Å². The van der Waals surface area contributed by atoms with E-state index in [2.05, 4.69) is 10.8 Å². The van der Waals surface area contributed by atoms with Crippen LogP contribution in [0.3, 0.4) is 0 Å². The Kier molecular flexibility index (Phi) is 12.8. The number of nitrogens with zero attached hydrogens (tertiary/aromatic N) is 4. The molecule has 4 aromatic rings. The lowest BCUT2D eigenvalue weighted by Crippen LogP contribution is -2.57. The molecule has 4 aliphatic rings. The first-order valence-corrected chi connectivity index (χ1v) is 21.1. The van der Waals surface area contributed by atoms with Gasteiger partial charge in [-0.15, -0.1) is 6.42 Å². The number of rotatable bonds is 12. The van der Waals surface area contributed by atoms with Gasteiger partial charge < -0.3 is 42.8 Å². The van der Waals surface area contributed by atoms with Gasteiger partial charge in [0.1, 0.15) is 28.7 Å². The maximum Gasteiger partial charge on any atom is 0.410 e. The second kappa shape index (κ2) is 18.2. The Morgan fingerprint density at radius 1 is 0.902 bits per heavy atom. The zero-order chi connectivity index (χ0) is 42.8. The molecule has 15 heteroatoms. The van der Waals surface area contributed by atoms with Crippen LogP contribution in [-0.2, 0) is 41.6 Å². The van der Waals surface area contributed by atoms with E-state index >= 15 is 8.78 Å². The second-order valence-corrected chi connectivity index (χ2v) is 17.0. The summed E-state index contributed by atoms with van der Waals surface area (Å²) in [5.74, 6) is 1.92. The van der Waals surface area contributed by atoms with E-state index in [0.29, 0.717) is 72.7 Å². The fraction of sp³-hybridized carbons (Fsp3) is 0.543. The number of hydrogen-bond donors (Lipinski definition) is 0. The second-order valence-electron chi connectivity index (χ2n) is 17.0. The standard InChI is InChI=1S/C46H54F2N4O9/c1-7-31-34(47)17-14-27-20-30(60-26-54-5)21-32(38(27)31)42-41(48)39-33(24-58-36-12-8-10-18-56-36)35(25-59-37-13-9-11-19-57-37)49-43(40(39)44(50-42)55-6)51-22-28-15-16-29(23-51)52(28)45(53)61-46(2,3)4/h1,14,17,20-21,28-29,36-37H,8-13,15-16,18-19,22-26H2,2-6H3. The van der Waals surface area contributed by atoms with E-state index in [-0.39, 0.29) is 71.7 Å². The molecule has 0 aliphatic carbocycles. The molecule has 2 bridgehead atoms. The topological polar surface area (TPSA) is 123 Å². The number of benzene rings is 2. The summed E-state index contributed by atoms with van der Waals surface area (Å²) >= 11 is 0. The molecular weight excluding hydrogens is 791 g/mol. The molecule has 4 atom stereocenters. The van der Waals surface area contributed by atoms with E-state index in [4.69, 9.17) is 54.3 Å². The Morgan fingerprint density at radius 3 is 2.20 bits per heavy atom. The maximum atomic E-state index is 18.4. The Morgan fingerprint density at radius 2 is 1.59 bits per heavy atom. The SMILES string of the molecule is C#Cc1c(F)ccc2cc(OCOC)cc(-c3nc(OC)c4c(N5CC6CCC(C5)N6C(=O)OC(C)(C)C)nc(COC5CCCCO5)c(COC5CCCCO5)c4c3F)c12. The van der Waals surface area contributed by atoms with Gasteiger partial charge in [0.2, 0.25) is 5.88 Å². The van der Waals surface area contributed by atoms with Crippen LogP contribution in [0.25, 0.3) is 32.8 Å². The molecule has 0 N–H and O–H groups in total. The highest BCUT2D eigenvalue weighted by atomic mass is 19.1. The van der Waals surface area contributed by atoms with Crippen molar-refractivity contribution >= 4 is 33.5 Å². The zero-order valence-corrected chi connectivity index (χ0v) is 35.5. The Balaban J connectivity index is 1.35. The van der Waals surface area contributed by atoms with E-state index in [1.165, 1.54) is 20.3 Å². The first kappa shape index (κ1) is 42.8. The number of pyridine rings is 2. The first-order chi connectivity index (χ1) is 29.5. The summed E-state index contributed by atoms with van der Waals surface area (Å²) in [7, 11) is 2.95. The number of carbonyl (C=O) groups excluding carboxylic acids is 1. The Bertz CT molecular complexity index is 2290. The molecule has 8 rings (SSSR count). The van der Waals surface area contributed by atoms with Crippen molar-refractivity contribution < 1.29 is 51.5 Å². The minimum Gasteiger partial charge on any atom is -0.480 e. The lowest BCUT2D eigenvalue weighted by atomic mass is 9.94. The number of ether oxygens (including phenoxy) is 8. The van der Waals surface area contributed by atoms with Crippen LogP contribution in [0.2, 0.25) is 0 Å². The van der Waals surface area contributed by atoms with Crippen molar-refractivity contribution in [2.45, 2.75) is 116 Å². The quantitative estimate of drug-likeness (QED) is 0.101. The predicted molar refractivity (Wildman–Crippen MR) is 223 cm³/mol. The number of piperazine rings is 1. The molecule has 4 aliphatic heterocycles. The van der Waals surface area contributed by atoms with Crippen LogP contribution in [0, 0.1) is 24.0 Å². The van der Waals surface area contributed by atoms with Crippen LogP contribution in [0.15, 0.2) is 24.3 Å². The molecule has 4 unspecified atom stereocenters. The molecule has 0 saturated carbocycles. The summed E-state index contributed by atoms with van der Waals surface area (Å²) in [4.78, 5) is 27.6. The molecule has 2 aromatic carbocycles. The molecule has 13 nitrogen and oxygen atoms in total. The maximum absolute atomic E-state index is 18.4. The van der Waals surface area contributed by atoms with Gasteiger partial charge in [0.05, 0.1) is 49.1 Å². The molecule has 6 heterocycles. The normalized spacial score (nSPS) is 21.8. The monoisotopic (exact) mass is 844 g/mol. The lowest BCUT2D eigenvalue weighted by molar-refractivity contribution is -0.173. The van der Waals surface area contributed by atoms with E-state index in [9.17, 15) is 4.79 Å². The van der Waals surface area contributed by atoms with Crippen molar-refractivity contribution in [1.82, 2.24) is 14.9 Å². The van der Waals surface area contributed by atoms with E-state index in [1.807, 2.05) is 25.7 Å².